The summed E-state index contributed by atoms with van der Waals surface area (Å²) in [6, 6.07) is 1.88. The summed E-state index contributed by atoms with van der Waals surface area (Å²) in [5, 5.41) is 4.32. The number of nitrogen functional groups attached to an aromatic ring is 1. The van der Waals surface area contributed by atoms with Crippen molar-refractivity contribution >= 4 is 27.8 Å². The summed E-state index contributed by atoms with van der Waals surface area (Å²) >= 11 is 1.49. The van der Waals surface area contributed by atoms with Crippen molar-refractivity contribution in [1.82, 2.24) is 0 Å². The fourth-order valence-corrected chi connectivity index (χ4v) is 2.53. The second-order valence-electron chi connectivity index (χ2n) is 4.81. The van der Waals surface area contributed by atoms with Crippen molar-refractivity contribution in [1.29, 1.82) is 0 Å². The summed E-state index contributed by atoms with van der Waals surface area (Å²) in [6.45, 7) is 5.22. The molecule has 3 nitrogen and oxygen atoms in total. The van der Waals surface area contributed by atoms with Crippen LogP contribution in [0.15, 0.2) is 6.07 Å². The third-order valence-corrected chi connectivity index (χ3v) is 3.74. The molecular formula is C12H18N2OS. The number of Topliss-reactive ketones (excluding diaryl/α,β-unsaturated/α-hetero) is 1. The number of hydrogen-bond acceptors (Lipinski definition) is 4. The zero-order valence-corrected chi connectivity index (χ0v) is 10.6. The standard InChI is InChI=1S/C12H18N2OS/c1-7(2)6-14-10-5-9(13)12(16-10)11(15)8-3-4-8/h5,7-8,14H,3-4,6,13H2,1-2H3. The van der Waals surface area contributed by atoms with Crippen LogP contribution in [0.1, 0.15) is 36.4 Å². The molecule has 2 rings (SSSR count). The highest BCUT2D eigenvalue weighted by atomic mass is 32.1. The molecule has 1 aliphatic rings. The largest absolute Gasteiger partial charge is 0.397 e. The predicted octanol–water partition coefficient (Wildman–Crippen LogP) is 2.99. The van der Waals surface area contributed by atoms with E-state index in [1.807, 2.05) is 6.07 Å². The molecule has 0 spiro atoms. The summed E-state index contributed by atoms with van der Waals surface area (Å²) in [4.78, 5) is 12.6. The van der Waals surface area contributed by atoms with Gasteiger partial charge in [-0.25, -0.2) is 0 Å². The molecule has 0 radical (unpaired) electrons. The van der Waals surface area contributed by atoms with Gasteiger partial charge >= 0.3 is 0 Å². The van der Waals surface area contributed by atoms with Crippen LogP contribution < -0.4 is 11.1 Å². The molecule has 1 fully saturated rings. The molecule has 0 atom stereocenters. The number of nitrogens with two attached hydrogens (primary N) is 1. The van der Waals surface area contributed by atoms with Crippen molar-refractivity contribution in [2.24, 2.45) is 11.8 Å². The number of ketones is 1. The van der Waals surface area contributed by atoms with E-state index >= 15 is 0 Å². The van der Waals surface area contributed by atoms with E-state index in [9.17, 15) is 4.79 Å². The third-order valence-electron chi connectivity index (χ3n) is 2.62. The minimum absolute atomic E-state index is 0.236. The number of thiophene rings is 1. The summed E-state index contributed by atoms with van der Waals surface area (Å²) in [6.07, 6.45) is 2.07. The van der Waals surface area contributed by atoms with Crippen LogP contribution >= 0.6 is 11.3 Å². The maximum absolute atomic E-state index is 11.9. The quantitative estimate of drug-likeness (QED) is 0.775. The molecule has 0 aromatic carbocycles. The molecule has 0 aliphatic heterocycles. The monoisotopic (exact) mass is 238 g/mol. The minimum Gasteiger partial charge on any atom is -0.397 e. The van der Waals surface area contributed by atoms with Gasteiger partial charge in [0.1, 0.15) is 0 Å². The summed E-state index contributed by atoms with van der Waals surface area (Å²) in [5.74, 6) is 1.07. The number of rotatable bonds is 5. The first-order valence-electron chi connectivity index (χ1n) is 5.75. The van der Waals surface area contributed by atoms with Gasteiger partial charge in [-0.2, -0.15) is 0 Å². The van der Waals surface area contributed by atoms with Crippen LogP contribution in [-0.4, -0.2) is 12.3 Å². The molecule has 4 heteroatoms. The smallest absolute Gasteiger partial charge is 0.178 e. The third kappa shape index (κ3) is 2.55. The molecule has 16 heavy (non-hydrogen) atoms. The first-order chi connectivity index (χ1) is 7.58. The van der Waals surface area contributed by atoms with Gasteiger partial charge < -0.3 is 11.1 Å². The molecule has 1 saturated carbocycles. The molecule has 1 aliphatic carbocycles. The normalized spacial score (nSPS) is 15.4. The molecular weight excluding hydrogens is 220 g/mol. The van der Waals surface area contributed by atoms with E-state index in [0.29, 0.717) is 11.6 Å². The lowest BCUT2D eigenvalue weighted by molar-refractivity contribution is 0.0972. The van der Waals surface area contributed by atoms with Gasteiger partial charge in [0.05, 0.1) is 15.6 Å². The maximum Gasteiger partial charge on any atom is 0.178 e. The van der Waals surface area contributed by atoms with Crippen molar-refractivity contribution in [2.75, 3.05) is 17.6 Å². The first-order valence-corrected chi connectivity index (χ1v) is 6.57. The number of hydrogen-bond donors (Lipinski definition) is 2. The predicted molar refractivity (Wildman–Crippen MR) is 69.1 cm³/mol. The van der Waals surface area contributed by atoms with Gasteiger partial charge in [0, 0.05) is 12.5 Å². The molecule has 0 unspecified atom stereocenters. The van der Waals surface area contributed by atoms with E-state index in [0.717, 1.165) is 29.3 Å². The molecule has 0 amide bonds. The molecule has 1 aromatic rings. The maximum atomic E-state index is 11.9. The highest BCUT2D eigenvalue weighted by Crippen LogP contribution is 2.38. The zero-order valence-electron chi connectivity index (χ0n) is 9.75. The highest BCUT2D eigenvalue weighted by Gasteiger charge is 2.32. The van der Waals surface area contributed by atoms with E-state index in [2.05, 4.69) is 19.2 Å². The average Bonchev–Trinajstić information content (AvgIpc) is 2.99. The molecule has 3 N–H and O–H groups in total. The van der Waals surface area contributed by atoms with Crippen molar-refractivity contribution in [3.05, 3.63) is 10.9 Å². The molecule has 1 aromatic heterocycles. The van der Waals surface area contributed by atoms with Gasteiger partial charge in [-0.15, -0.1) is 11.3 Å². The lowest BCUT2D eigenvalue weighted by atomic mass is 10.2. The van der Waals surface area contributed by atoms with Crippen LogP contribution in [-0.2, 0) is 0 Å². The highest BCUT2D eigenvalue weighted by molar-refractivity contribution is 7.18. The van der Waals surface area contributed by atoms with Crippen LogP contribution in [0.5, 0.6) is 0 Å². The lowest BCUT2D eigenvalue weighted by Gasteiger charge is -2.05. The summed E-state index contributed by atoms with van der Waals surface area (Å²) < 4.78 is 0. The van der Waals surface area contributed by atoms with Crippen molar-refractivity contribution in [3.8, 4) is 0 Å². The Labute approximate surface area is 100 Å². The Morgan fingerprint density at radius 1 is 1.62 bits per heavy atom. The fourth-order valence-electron chi connectivity index (χ4n) is 1.52. The Bertz CT molecular complexity index is 394. The Kier molecular flexibility index (Phi) is 3.19. The number of carbonyl (C=O) groups is 1. The second kappa shape index (κ2) is 4.45. The molecule has 0 saturated heterocycles. The number of nitrogens with one attached hydrogen (secondary N) is 1. The van der Waals surface area contributed by atoms with E-state index in [4.69, 9.17) is 5.73 Å². The lowest BCUT2D eigenvalue weighted by Crippen LogP contribution is -2.06. The molecule has 1 heterocycles. The van der Waals surface area contributed by atoms with Crippen LogP contribution in [0.4, 0.5) is 10.7 Å². The summed E-state index contributed by atoms with van der Waals surface area (Å²) in [5.41, 5.74) is 6.50. The van der Waals surface area contributed by atoms with Crippen LogP contribution in [0.3, 0.4) is 0 Å². The van der Waals surface area contributed by atoms with E-state index in [1.165, 1.54) is 11.3 Å². The van der Waals surface area contributed by atoms with Gasteiger partial charge in [-0.3, -0.25) is 4.79 Å². The topological polar surface area (TPSA) is 55.1 Å². The van der Waals surface area contributed by atoms with Crippen LogP contribution in [0.25, 0.3) is 0 Å². The number of anilines is 2. The first kappa shape index (κ1) is 11.5. The minimum atomic E-state index is 0.236. The van der Waals surface area contributed by atoms with Gasteiger partial charge in [-0.1, -0.05) is 13.8 Å². The van der Waals surface area contributed by atoms with Crippen molar-refractivity contribution in [3.63, 3.8) is 0 Å². The van der Waals surface area contributed by atoms with Gasteiger partial charge in [-0.05, 0) is 24.8 Å². The average molecular weight is 238 g/mol. The SMILES string of the molecule is CC(C)CNc1cc(N)c(C(=O)C2CC2)s1. The zero-order chi connectivity index (χ0) is 11.7. The fraction of sp³-hybridized carbons (Fsp3) is 0.583. The van der Waals surface area contributed by atoms with Gasteiger partial charge in [0.15, 0.2) is 5.78 Å². The van der Waals surface area contributed by atoms with Crippen LogP contribution in [0, 0.1) is 11.8 Å². The van der Waals surface area contributed by atoms with Gasteiger partial charge in [0.25, 0.3) is 0 Å². The Hall–Kier alpha value is -1.03. The Balaban J connectivity index is 2.05. The Morgan fingerprint density at radius 2 is 2.31 bits per heavy atom. The Morgan fingerprint density at radius 3 is 2.88 bits per heavy atom. The van der Waals surface area contributed by atoms with E-state index in [-0.39, 0.29) is 11.7 Å². The molecule has 88 valence electrons. The van der Waals surface area contributed by atoms with Crippen LogP contribution in [0.2, 0.25) is 0 Å². The van der Waals surface area contributed by atoms with Crippen molar-refractivity contribution < 1.29 is 4.79 Å². The number of carbonyl (C=O) groups excluding carboxylic acids is 1. The van der Waals surface area contributed by atoms with E-state index in [1.54, 1.807) is 0 Å². The second-order valence-corrected chi connectivity index (χ2v) is 5.86. The molecule has 0 bridgehead atoms. The van der Waals surface area contributed by atoms with Crippen molar-refractivity contribution in [2.45, 2.75) is 26.7 Å². The van der Waals surface area contributed by atoms with Gasteiger partial charge in [0.2, 0.25) is 0 Å². The van der Waals surface area contributed by atoms with E-state index < -0.39 is 0 Å². The summed E-state index contributed by atoms with van der Waals surface area (Å²) in [7, 11) is 0.